The van der Waals surface area contributed by atoms with Crippen LogP contribution in [0.25, 0.3) is 10.2 Å². The van der Waals surface area contributed by atoms with Crippen LogP contribution in [0, 0.1) is 5.82 Å². The first-order valence-electron chi connectivity index (χ1n) is 6.76. The minimum atomic E-state index is -0.307. The van der Waals surface area contributed by atoms with E-state index in [9.17, 15) is 9.18 Å². The number of thiazole rings is 1. The minimum Gasteiger partial charge on any atom is -0.298 e. The zero-order chi connectivity index (χ0) is 15.5. The molecule has 0 bridgehead atoms. The van der Waals surface area contributed by atoms with Gasteiger partial charge in [0.2, 0.25) is 0 Å². The Morgan fingerprint density at radius 3 is 2.95 bits per heavy atom. The number of rotatable bonds is 4. The molecule has 0 aliphatic carbocycles. The molecule has 1 heterocycles. The Morgan fingerprint density at radius 2 is 2.14 bits per heavy atom. The van der Waals surface area contributed by atoms with E-state index in [0.29, 0.717) is 20.9 Å². The summed E-state index contributed by atoms with van der Waals surface area (Å²) < 4.78 is 13.9. The van der Waals surface area contributed by atoms with Gasteiger partial charge in [0.1, 0.15) is 5.82 Å². The van der Waals surface area contributed by atoms with Crippen LogP contribution in [-0.2, 0) is 0 Å². The predicted molar refractivity (Wildman–Crippen MR) is 90.4 cm³/mol. The highest BCUT2D eigenvalue weighted by molar-refractivity contribution is 7.99. The lowest BCUT2D eigenvalue weighted by molar-refractivity contribution is 0.102. The van der Waals surface area contributed by atoms with Crippen LogP contribution >= 0.6 is 23.1 Å². The van der Waals surface area contributed by atoms with Gasteiger partial charge in [0, 0.05) is 4.90 Å². The van der Waals surface area contributed by atoms with Gasteiger partial charge in [-0.25, -0.2) is 9.37 Å². The smallest absolute Gasteiger partial charge is 0.258 e. The summed E-state index contributed by atoms with van der Waals surface area (Å²) in [7, 11) is 0. The zero-order valence-corrected chi connectivity index (χ0v) is 13.4. The lowest BCUT2D eigenvalue weighted by atomic mass is 10.2. The maximum atomic E-state index is 13.2. The molecule has 0 aliphatic heterocycles. The molecule has 0 saturated carbocycles. The Kier molecular flexibility index (Phi) is 4.40. The van der Waals surface area contributed by atoms with Crippen LogP contribution in [0.4, 0.5) is 9.52 Å². The average molecular weight is 332 g/mol. The summed E-state index contributed by atoms with van der Waals surface area (Å²) in [6.07, 6.45) is 0. The van der Waals surface area contributed by atoms with E-state index in [1.165, 1.54) is 23.5 Å². The molecule has 22 heavy (non-hydrogen) atoms. The first-order valence-corrected chi connectivity index (χ1v) is 8.57. The molecule has 3 aromatic rings. The molecule has 2 aromatic carbocycles. The largest absolute Gasteiger partial charge is 0.298 e. The maximum Gasteiger partial charge on any atom is 0.258 e. The molecule has 0 aliphatic rings. The van der Waals surface area contributed by atoms with Gasteiger partial charge in [-0.05, 0) is 36.1 Å². The second-order valence-electron chi connectivity index (χ2n) is 4.51. The number of halogens is 1. The highest BCUT2D eigenvalue weighted by atomic mass is 32.2. The van der Waals surface area contributed by atoms with Crippen molar-refractivity contribution < 1.29 is 9.18 Å². The molecule has 0 saturated heterocycles. The third-order valence-corrected chi connectivity index (χ3v) is 4.89. The van der Waals surface area contributed by atoms with Crippen molar-refractivity contribution in [3.8, 4) is 0 Å². The Morgan fingerprint density at radius 1 is 1.32 bits per heavy atom. The van der Waals surface area contributed by atoms with E-state index in [0.717, 1.165) is 10.6 Å². The summed E-state index contributed by atoms with van der Waals surface area (Å²) >= 11 is 2.88. The van der Waals surface area contributed by atoms with Gasteiger partial charge in [0.05, 0.1) is 15.8 Å². The van der Waals surface area contributed by atoms with Crippen LogP contribution in [0.1, 0.15) is 17.3 Å². The van der Waals surface area contributed by atoms with Gasteiger partial charge in [0.25, 0.3) is 5.91 Å². The third kappa shape index (κ3) is 3.13. The van der Waals surface area contributed by atoms with E-state index in [1.54, 1.807) is 23.9 Å². The summed E-state index contributed by atoms with van der Waals surface area (Å²) in [4.78, 5) is 17.7. The average Bonchev–Trinajstić information content (AvgIpc) is 2.89. The highest BCUT2D eigenvalue weighted by Crippen LogP contribution is 2.28. The lowest BCUT2D eigenvalue weighted by Gasteiger charge is -2.07. The van der Waals surface area contributed by atoms with Crippen molar-refractivity contribution >= 4 is 44.4 Å². The number of nitrogens with one attached hydrogen (secondary N) is 1. The van der Waals surface area contributed by atoms with Crippen molar-refractivity contribution in [2.24, 2.45) is 0 Å². The van der Waals surface area contributed by atoms with Gasteiger partial charge in [-0.3, -0.25) is 10.1 Å². The van der Waals surface area contributed by atoms with Crippen molar-refractivity contribution in [2.45, 2.75) is 11.8 Å². The molecule has 3 nitrogen and oxygen atoms in total. The van der Waals surface area contributed by atoms with Crippen LogP contribution in [-0.4, -0.2) is 16.6 Å². The quantitative estimate of drug-likeness (QED) is 0.698. The number of nitrogens with zero attached hydrogens (tertiary/aromatic N) is 1. The molecule has 1 aromatic heterocycles. The van der Waals surface area contributed by atoms with E-state index in [2.05, 4.69) is 10.3 Å². The van der Waals surface area contributed by atoms with Crippen LogP contribution < -0.4 is 5.32 Å². The second-order valence-corrected chi connectivity index (χ2v) is 6.85. The molecular weight excluding hydrogens is 319 g/mol. The number of amides is 1. The van der Waals surface area contributed by atoms with Gasteiger partial charge < -0.3 is 0 Å². The fourth-order valence-corrected chi connectivity index (χ4v) is 3.74. The van der Waals surface area contributed by atoms with E-state index >= 15 is 0 Å². The predicted octanol–water partition coefficient (Wildman–Crippen LogP) is 4.80. The van der Waals surface area contributed by atoms with Gasteiger partial charge in [-0.2, -0.15) is 0 Å². The van der Waals surface area contributed by atoms with Crippen molar-refractivity contribution in [3.05, 3.63) is 53.8 Å². The molecule has 0 unspecified atom stereocenters. The number of thioether (sulfide) groups is 1. The Labute approximate surface area is 135 Å². The molecule has 0 atom stereocenters. The number of anilines is 1. The summed E-state index contributed by atoms with van der Waals surface area (Å²) in [6, 6.07) is 11.9. The normalized spacial score (nSPS) is 10.8. The summed E-state index contributed by atoms with van der Waals surface area (Å²) in [6.45, 7) is 2.04. The van der Waals surface area contributed by atoms with Gasteiger partial charge in [0.15, 0.2) is 5.13 Å². The van der Waals surface area contributed by atoms with Crippen LogP contribution in [0.2, 0.25) is 0 Å². The zero-order valence-electron chi connectivity index (χ0n) is 11.8. The minimum absolute atomic E-state index is 0.198. The van der Waals surface area contributed by atoms with Crippen molar-refractivity contribution in [1.82, 2.24) is 4.98 Å². The molecule has 1 amide bonds. The Bertz CT molecular complexity index is 832. The topological polar surface area (TPSA) is 42.0 Å². The number of fused-ring (bicyclic) bond motifs is 1. The van der Waals surface area contributed by atoms with E-state index in [1.807, 2.05) is 25.1 Å². The number of carbonyl (C=O) groups is 1. The standard InChI is InChI=1S/C16H13FN2OS2/c1-2-21-13-6-4-3-5-11(13)15(20)19-16-18-12-8-7-10(17)9-14(12)22-16/h3-9H,2H2,1H3,(H,18,19,20). The van der Waals surface area contributed by atoms with Gasteiger partial charge in [-0.15, -0.1) is 11.8 Å². The molecular formula is C16H13FN2OS2. The first kappa shape index (κ1) is 15.0. The second kappa shape index (κ2) is 6.46. The lowest BCUT2D eigenvalue weighted by Crippen LogP contribution is -2.12. The Balaban J connectivity index is 1.86. The number of benzene rings is 2. The van der Waals surface area contributed by atoms with E-state index < -0.39 is 0 Å². The Hall–Kier alpha value is -1.92. The van der Waals surface area contributed by atoms with Gasteiger partial charge >= 0.3 is 0 Å². The van der Waals surface area contributed by atoms with Crippen LogP contribution in [0.15, 0.2) is 47.4 Å². The monoisotopic (exact) mass is 332 g/mol. The van der Waals surface area contributed by atoms with E-state index in [-0.39, 0.29) is 11.7 Å². The summed E-state index contributed by atoms with van der Waals surface area (Å²) in [5.74, 6) is 0.389. The molecule has 3 rings (SSSR count). The summed E-state index contributed by atoms with van der Waals surface area (Å²) in [5.41, 5.74) is 1.30. The molecule has 0 spiro atoms. The van der Waals surface area contributed by atoms with Crippen molar-refractivity contribution in [1.29, 1.82) is 0 Å². The highest BCUT2D eigenvalue weighted by Gasteiger charge is 2.13. The number of hydrogen-bond donors (Lipinski definition) is 1. The SMILES string of the molecule is CCSc1ccccc1C(=O)Nc1nc2ccc(F)cc2s1. The number of carbonyl (C=O) groups excluding carboxylic acids is 1. The van der Waals surface area contributed by atoms with Crippen LogP contribution in [0.3, 0.4) is 0 Å². The molecule has 0 fully saturated rings. The molecule has 0 radical (unpaired) electrons. The van der Waals surface area contributed by atoms with Crippen molar-refractivity contribution in [2.75, 3.05) is 11.1 Å². The molecule has 1 N–H and O–H groups in total. The summed E-state index contributed by atoms with van der Waals surface area (Å²) in [5, 5.41) is 3.27. The maximum absolute atomic E-state index is 13.2. The van der Waals surface area contributed by atoms with Crippen LogP contribution in [0.5, 0.6) is 0 Å². The first-order chi connectivity index (χ1) is 10.7. The number of hydrogen-bond acceptors (Lipinski definition) is 4. The third-order valence-electron chi connectivity index (χ3n) is 3.00. The molecule has 112 valence electrons. The number of aromatic nitrogens is 1. The fourth-order valence-electron chi connectivity index (χ4n) is 2.05. The fraction of sp³-hybridized carbons (Fsp3) is 0.125. The van der Waals surface area contributed by atoms with Crippen molar-refractivity contribution in [3.63, 3.8) is 0 Å². The molecule has 6 heteroatoms. The van der Waals surface area contributed by atoms with Gasteiger partial charge in [-0.1, -0.05) is 30.4 Å². The van der Waals surface area contributed by atoms with E-state index in [4.69, 9.17) is 0 Å².